The van der Waals surface area contributed by atoms with Crippen LogP contribution >= 0.6 is 0 Å². The molecule has 3 rings (SSSR count). The third-order valence-electron chi connectivity index (χ3n) is 5.60. The molecule has 0 atom stereocenters. The zero-order chi connectivity index (χ0) is 20.7. The number of amides is 1. The van der Waals surface area contributed by atoms with Crippen LogP contribution in [0.5, 0.6) is 0 Å². The Morgan fingerprint density at radius 1 is 0.966 bits per heavy atom. The first-order chi connectivity index (χ1) is 14.0. The summed E-state index contributed by atoms with van der Waals surface area (Å²) in [5, 5.41) is 0. The first kappa shape index (κ1) is 21.5. The highest BCUT2D eigenvalue weighted by Gasteiger charge is 2.32. The van der Waals surface area contributed by atoms with Crippen molar-refractivity contribution in [3.8, 4) is 0 Å². The lowest BCUT2D eigenvalue weighted by Crippen LogP contribution is -2.45. The van der Waals surface area contributed by atoms with Gasteiger partial charge < -0.3 is 4.90 Å². The van der Waals surface area contributed by atoms with Crippen molar-refractivity contribution in [2.45, 2.75) is 31.9 Å². The molecular weight excluding hydrogens is 384 g/mol. The van der Waals surface area contributed by atoms with E-state index in [2.05, 4.69) is 12.1 Å². The van der Waals surface area contributed by atoms with Gasteiger partial charge >= 0.3 is 0 Å². The monoisotopic (exact) mass is 414 g/mol. The van der Waals surface area contributed by atoms with Gasteiger partial charge in [-0.05, 0) is 37.3 Å². The molecule has 0 spiro atoms. The van der Waals surface area contributed by atoms with E-state index in [0.29, 0.717) is 39.0 Å². The number of carbonyl (C=O) groups excluding carboxylic acids is 1. The van der Waals surface area contributed by atoms with Crippen molar-refractivity contribution in [2.24, 2.45) is 5.92 Å². The van der Waals surface area contributed by atoms with E-state index in [0.717, 1.165) is 12.0 Å². The van der Waals surface area contributed by atoms with Crippen molar-refractivity contribution < 1.29 is 13.2 Å². The van der Waals surface area contributed by atoms with Crippen LogP contribution in [0, 0.1) is 5.92 Å². The summed E-state index contributed by atoms with van der Waals surface area (Å²) < 4.78 is 27.0. The smallest absolute Gasteiger partial charge is 0.225 e. The van der Waals surface area contributed by atoms with Crippen LogP contribution in [-0.2, 0) is 27.0 Å². The van der Waals surface area contributed by atoms with Crippen molar-refractivity contribution in [1.29, 1.82) is 0 Å². The van der Waals surface area contributed by atoms with Crippen LogP contribution in [0.1, 0.15) is 30.9 Å². The van der Waals surface area contributed by atoms with Crippen LogP contribution in [0.4, 0.5) is 0 Å². The van der Waals surface area contributed by atoms with E-state index in [4.69, 9.17) is 0 Å². The molecule has 2 aromatic rings. The second-order valence-electron chi connectivity index (χ2n) is 7.57. The summed E-state index contributed by atoms with van der Waals surface area (Å²) in [5.74, 6) is 0.0855. The molecule has 1 amide bonds. The van der Waals surface area contributed by atoms with E-state index in [1.54, 1.807) is 4.31 Å². The van der Waals surface area contributed by atoms with Crippen LogP contribution < -0.4 is 0 Å². The number of rotatable bonds is 8. The van der Waals surface area contributed by atoms with Crippen LogP contribution in [0.15, 0.2) is 60.7 Å². The maximum atomic E-state index is 13.0. The maximum Gasteiger partial charge on any atom is 0.225 e. The first-order valence-electron chi connectivity index (χ1n) is 10.3. The van der Waals surface area contributed by atoms with Gasteiger partial charge in [-0.1, -0.05) is 60.7 Å². The van der Waals surface area contributed by atoms with Gasteiger partial charge in [-0.15, -0.1) is 0 Å². The van der Waals surface area contributed by atoms with E-state index in [9.17, 15) is 13.2 Å². The van der Waals surface area contributed by atoms with Crippen molar-refractivity contribution in [2.75, 3.05) is 26.2 Å². The molecule has 1 fully saturated rings. The molecule has 0 aliphatic carbocycles. The Labute approximate surface area is 174 Å². The molecule has 1 heterocycles. The second kappa shape index (κ2) is 10.0. The fourth-order valence-electron chi connectivity index (χ4n) is 3.85. The number of carbonyl (C=O) groups is 1. The molecular formula is C23H30N2O3S. The fraction of sp³-hybridized carbons (Fsp3) is 0.435. The highest BCUT2D eigenvalue weighted by molar-refractivity contribution is 7.88. The lowest BCUT2D eigenvalue weighted by molar-refractivity contribution is -0.136. The zero-order valence-corrected chi connectivity index (χ0v) is 17.9. The van der Waals surface area contributed by atoms with Crippen LogP contribution in [-0.4, -0.2) is 49.7 Å². The predicted molar refractivity (Wildman–Crippen MR) is 116 cm³/mol. The summed E-state index contributed by atoms with van der Waals surface area (Å²) in [6.45, 7) is 4.22. The normalized spacial score (nSPS) is 15.9. The summed E-state index contributed by atoms with van der Waals surface area (Å²) in [7, 11) is -3.35. The minimum Gasteiger partial charge on any atom is -0.342 e. The number of nitrogens with zero attached hydrogens (tertiary/aromatic N) is 2. The molecule has 156 valence electrons. The third kappa shape index (κ3) is 5.90. The highest BCUT2D eigenvalue weighted by atomic mass is 32.2. The van der Waals surface area contributed by atoms with E-state index < -0.39 is 10.0 Å². The molecule has 0 N–H and O–H groups in total. The van der Waals surface area contributed by atoms with Gasteiger partial charge in [0, 0.05) is 32.1 Å². The zero-order valence-electron chi connectivity index (χ0n) is 17.0. The Morgan fingerprint density at radius 3 is 2.07 bits per heavy atom. The summed E-state index contributed by atoms with van der Waals surface area (Å²) in [4.78, 5) is 14.9. The molecule has 29 heavy (non-hydrogen) atoms. The Kier molecular flexibility index (Phi) is 7.45. The molecule has 1 aliphatic heterocycles. The number of benzene rings is 2. The van der Waals surface area contributed by atoms with Crippen LogP contribution in [0.3, 0.4) is 0 Å². The van der Waals surface area contributed by atoms with E-state index >= 15 is 0 Å². The van der Waals surface area contributed by atoms with Crippen LogP contribution in [0.25, 0.3) is 0 Å². The van der Waals surface area contributed by atoms with Crippen LogP contribution in [0.2, 0.25) is 0 Å². The lowest BCUT2D eigenvalue weighted by atomic mass is 9.96. The van der Waals surface area contributed by atoms with Crippen molar-refractivity contribution >= 4 is 15.9 Å². The van der Waals surface area contributed by atoms with Crippen molar-refractivity contribution in [3.63, 3.8) is 0 Å². The molecule has 0 aromatic heterocycles. The number of hydrogen-bond donors (Lipinski definition) is 0. The molecule has 0 bridgehead atoms. The van der Waals surface area contributed by atoms with Gasteiger partial charge in [0.1, 0.15) is 0 Å². The minimum absolute atomic E-state index is 0.0185. The Balaban J connectivity index is 1.52. The highest BCUT2D eigenvalue weighted by Crippen LogP contribution is 2.23. The average molecular weight is 415 g/mol. The van der Waals surface area contributed by atoms with Gasteiger partial charge in [0.05, 0.1) is 5.75 Å². The number of likely N-dealkylation sites (N-methyl/N-ethyl adjacent to an activating group) is 1. The molecule has 0 radical (unpaired) electrons. The minimum atomic E-state index is -3.35. The Hall–Kier alpha value is -2.18. The molecule has 0 saturated carbocycles. The standard InChI is InChI=1S/C23H30N2O3S/c1-2-24(16-13-20-9-5-3-6-10-20)23(26)22-14-17-25(18-15-22)29(27,28)19-21-11-7-4-8-12-21/h3-12,22H,2,13-19H2,1H3. The summed E-state index contributed by atoms with van der Waals surface area (Å²) in [5.41, 5.74) is 2.02. The van der Waals surface area contributed by atoms with E-state index in [1.807, 2.05) is 60.4 Å². The average Bonchev–Trinajstić information content (AvgIpc) is 2.75. The summed E-state index contributed by atoms with van der Waals surface area (Å²) >= 11 is 0. The molecule has 2 aromatic carbocycles. The third-order valence-corrected chi connectivity index (χ3v) is 7.45. The summed E-state index contributed by atoms with van der Waals surface area (Å²) in [6, 6.07) is 19.4. The number of hydrogen-bond acceptors (Lipinski definition) is 3. The van der Waals surface area contributed by atoms with Gasteiger partial charge in [-0.3, -0.25) is 4.79 Å². The quantitative estimate of drug-likeness (QED) is 0.666. The Bertz CT molecular complexity index is 877. The first-order valence-corrected chi connectivity index (χ1v) is 11.9. The van der Waals surface area contributed by atoms with Gasteiger partial charge in [0.2, 0.25) is 15.9 Å². The Morgan fingerprint density at radius 2 is 1.52 bits per heavy atom. The molecule has 5 nitrogen and oxygen atoms in total. The fourth-order valence-corrected chi connectivity index (χ4v) is 5.41. The van der Waals surface area contributed by atoms with Gasteiger partial charge in [-0.25, -0.2) is 12.7 Å². The van der Waals surface area contributed by atoms with Gasteiger partial charge in [0.15, 0.2) is 0 Å². The van der Waals surface area contributed by atoms with E-state index in [1.165, 1.54) is 5.56 Å². The molecule has 0 unspecified atom stereocenters. The number of sulfonamides is 1. The number of piperidine rings is 1. The summed E-state index contributed by atoms with van der Waals surface area (Å²) in [6.07, 6.45) is 2.02. The van der Waals surface area contributed by atoms with Crippen molar-refractivity contribution in [1.82, 2.24) is 9.21 Å². The largest absolute Gasteiger partial charge is 0.342 e. The van der Waals surface area contributed by atoms with E-state index in [-0.39, 0.29) is 17.6 Å². The van der Waals surface area contributed by atoms with Crippen molar-refractivity contribution in [3.05, 3.63) is 71.8 Å². The van der Waals surface area contributed by atoms with Gasteiger partial charge in [-0.2, -0.15) is 0 Å². The molecule has 6 heteroatoms. The molecule has 1 aliphatic rings. The SMILES string of the molecule is CCN(CCc1ccccc1)C(=O)C1CCN(S(=O)(=O)Cc2ccccc2)CC1. The predicted octanol–water partition coefficient (Wildman–Crippen LogP) is 3.32. The maximum absolute atomic E-state index is 13.0. The van der Waals surface area contributed by atoms with Gasteiger partial charge in [0.25, 0.3) is 0 Å². The second-order valence-corrected chi connectivity index (χ2v) is 9.54. The lowest BCUT2D eigenvalue weighted by Gasteiger charge is -2.33. The molecule has 1 saturated heterocycles. The topological polar surface area (TPSA) is 57.7 Å².